The second-order valence-corrected chi connectivity index (χ2v) is 5.15. The molecule has 3 N–H and O–H groups in total. The lowest BCUT2D eigenvalue weighted by molar-refractivity contribution is 0.0942. The van der Waals surface area contributed by atoms with E-state index in [1.165, 1.54) is 25.7 Å². The molecule has 0 saturated heterocycles. The third-order valence-electron chi connectivity index (χ3n) is 3.71. The average Bonchev–Trinajstić information content (AvgIpc) is 2.92. The summed E-state index contributed by atoms with van der Waals surface area (Å²) >= 11 is 0. The first-order valence-electron chi connectivity index (χ1n) is 6.87. The van der Waals surface area contributed by atoms with E-state index in [1.54, 1.807) is 18.3 Å². The minimum absolute atomic E-state index is 0.160. The van der Waals surface area contributed by atoms with Crippen LogP contribution < -0.4 is 11.1 Å². The Morgan fingerprint density at radius 1 is 1.53 bits per heavy atom. The highest BCUT2D eigenvalue weighted by molar-refractivity contribution is 5.92. The first kappa shape index (κ1) is 13.8. The quantitative estimate of drug-likeness (QED) is 0.838. The summed E-state index contributed by atoms with van der Waals surface area (Å²) < 4.78 is 0. The molecule has 0 aliphatic heterocycles. The Morgan fingerprint density at radius 2 is 2.26 bits per heavy atom. The molecule has 1 aromatic rings. The Morgan fingerprint density at radius 3 is 2.95 bits per heavy atom. The fourth-order valence-electron chi connectivity index (χ4n) is 2.54. The molecule has 1 aliphatic rings. The van der Waals surface area contributed by atoms with Crippen molar-refractivity contribution in [1.29, 1.82) is 0 Å². The third-order valence-corrected chi connectivity index (χ3v) is 3.71. The molecule has 1 aromatic heterocycles. The molecule has 0 bridgehead atoms. The second-order valence-electron chi connectivity index (χ2n) is 5.15. The van der Waals surface area contributed by atoms with E-state index in [9.17, 15) is 4.79 Å². The maximum atomic E-state index is 11.9. The summed E-state index contributed by atoms with van der Waals surface area (Å²) in [5, 5.41) is 2.88. The monoisotopic (exact) mass is 262 g/mol. The second kappa shape index (κ2) is 6.52. The van der Waals surface area contributed by atoms with Gasteiger partial charge in [-0.1, -0.05) is 12.8 Å². The van der Waals surface area contributed by atoms with Crippen molar-refractivity contribution in [3.05, 3.63) is 24.0 Å². The van der Waals surface area contributed by atoms with Crippen LogP contribution in [0.2, 0.25) is 0 Å². The van der Waals surface area contributed by atoms with Crippen LogP contribution in [0.4, 0.5) is 5.69 Å². The standard InChI is InChI=1S/C14H22N4O/c1-18(12-4-2-3-5-12)9-8-17-14(19)13-10-11(15)6-7-16-13/h6-7,10,12H,2-5,8-9H2,1H3,(H2,15,16)(H,17,19). The molecule has 1 amide bonds. The van der Waals surface area contributed by atoms with E-state index in [0.717, 1.165) is 6.54 Å². The molecular weight excluding hydrogens is 240 g/mol. The number of pyridine rings is 1. The maximum absolute atomic E-state index is 11.9. The summed E-state index contributed by atoms with van der Waals surface area (Å²) in [6, 6.07) is 3.95. The van der Waals surface area contributed by atoms with Crippen molar-refractivity contribution in [2.45, 2.75) is 31.7 Å². The Hall–Kier alpha value is -1.62. The van der Waals surface area contributed by atoms with Crippen molar-refractivity contribution < 1.29 is 4.79 Å². The molecular formula is C14H22N4O. The molecule has 0 unspecified atom stereocenters. The van der Waals surface area contributed by atoms with E-state index in [4.69, 9.17) is 5.73 Å². The van der Waals surface area contributed by atoms with Crippen LogP contribution in [-0.2, 0) is 0 Å². The molecule has 0 aromatic carbocycles. The highest BCUT2D eigenvalue weighted by Gasteiger charge is 2.19. The van der Waals surface area contributed by atoms with E-state index in [2.05, 4.69) is 22.2 Å². The molecule has 1 saturated carbocycles. The molecule has 0 spiro atoms. The van der Waals surface area contributed by atoms with Gasteiger partial charge in [0.25, 0.3) is 5.91 Å². The summed E-state index contributed by atoms with van der Waals surface area (Å²) in [6.07, 6.45) is 6.76. The molecule has 1 fully saturated rings. The molecule has 19 heavy (non-hydrogen) atoms. The van der Waals surface area contributed by atoms with Crippen LogP contribution in [-0.4, -0.2) is 42.0 Å². The van der Waals surface area contributed by atoms with Crippen LogP contribution >= 0.6 is 0 Å². The number of amides is 1. The zero-order valence-electron chi connectivity index (χ0n) is 11.4. The highest BCUT2D eigenvalue weighted by atomic mass is 16.1. The Labute approximate surface area is 114 Å². The molecule has 0 radical (unpaired) electrons. The molecule has 1 heterocycles. The van der Waals surface area contributed by atoms with E-state index in [-0.39, 0.29) is 5.91 Å². The smallest absolute Gasteiger partial charge is 0.269 e. The number of nitrogen functional groups attached to an aromatic ring is 1. The predicted molar refractivity (Wildman–Crippen MR) is 75.9 cm³/mol. The van der Waals surface area contributed by atoms with Gasteiger partial charge in [0, 0.05) is 31.0 Å². The van der Waals surface area contributed by atoms with Crippen molar-refractivity contribution >= 4 is 11.6 Å². The SMILES string of the molecule is CN(CCNC(=O)c1cc(N)ccn1)C1CCCC1. The van der Waals surface area contributed by atoms with Crippen LogP contribution in [0, 0.1) is 0 Å². The van der Waals surface area contributed by atoms with Gasteiger partial charge in [-0.25, -0.2) is 0 Å². The van der Waals surface area contributed by atoms with Gasteiger partial charge in [0.05, 0.1) is 0 Å². The van der Waals surface area contributed by atoms with E-state index < -0.39 is 0 Å². The predicted octanol–water partition coefficient (Wildman–Crippen LogP) is 1.27. The summed E-state index contributed by atoms with van der Waals surface area (Å²) in [5.74, 6) is -0.160. The number of nitrogens with two attached hydrogens (primary N) is 1. The number of anilines is 1. The summed E-state index contributed by atoms with van der Waals surface area (Å²) in [4.78, 5) is 18.2. The molecule has 104 valence electrons. The minimum atomic E-state index is -0.160. The first-order chi connectivity index (χ1) is 9.16. The van der Waals surface area contributed by atoms with Gasteiger partial charge in [-0.2, -0.15) is 0 Å². The molecule has 2 rings (SSSR count). The van der Waals surface area contributed by atoms with Crippen molar-refractivity contribution in [1.82, 2.24) is 15.2 Å². The Bertz CT molecular complexity index is 429. The van der Waals surface area contributed by atoms with Gasteiger partial charge in [-0.05, 0) is 32.0 Å². The fraction of sp³-hybridized carbons (Fsp3) is 0.571. The van der Waals surface area contributed by atoms with E-state index >= 15 is 0 Å². The number of aromatic nitrogens is 1. The van der Waals surface area contributed by atoms with Crippen LogP contribution in [0.1, 0.15) is 36.2 Å². The number of likely N-dealkylation sites (N-methyl/N-ethyl adjacent to an activating group) is 1. The van der Waals surface area contributed by atoms with Gasteiger partial charge in [0.1, 0.15) is 5.69 Å². The molecule has 5 nitrogen and oxygen atoms in total. The first-order valence-corrected chi connectivity index (χ1v) is 6.87. The van der Waals surface area contributed by atoms with E-state index in [0.29, 0.717) is 24.0 Å². The Kier molecular flexibility index (Phi) is 4.74. The molecule has 0 atom stereocenters. The average molecular weight is 262 g/mol. The zero-order valence-corrected chi connectivity index (χ0v) is 11.4. The van der Waals surface area contributed by atoms with Crippen molar-refractivity contribution in [2.24, 2.45) is 0 Å². The summed E-state index contributed by atoms with van der Waals surface area (Å²) in [7, 11) is 2.13. The van der Waals surface area contributed by atoms with Gasteiger partial charge in [0.2, 0.25) is 0 Å². The molecule has 1 aliphatic carbocycles. The van der Waals surface area contributed by atoms with Crippen LogP contribution in [0.5, 0.6) is 0 Å². The van der Waals surface area contributed by atoms with Crippen LogP contribution in [0.15, 0.2) is 18.3 Å². The van der Waals surface area contributed by atoms with Crippen molar-refractivity contribution in [3.63, 3.8) is 0 Å². The van der Waals surface area contributed by atoms with Crippen LogP contribution in [0.3, 0.4) is 0 Å². The lowest BCUT2D eigenvalue weighted by atomic mass is 10.2. The number of hydrogen-bond acceptors (Lipinski definition) is 4. The van der Waals surface area contributed by atoms with Gasteiger partial charge in [-0.15, -0.1) is 0 Å². The topological polar surface area (TPSA) is 71.2 Å². The Balaban J connectivity index is 1.74. The summed E-state index contributed by atoms with van der Waals surface area (Å²) in [6.45, 7) is 1.51. The van der Waals surface area contributed by atoms with Gasteiger partial charge in [0.15, 0.2) is 0 Å². The lowest BCUT2D eigenvalue weighted by Gasteiger charge is -2.23. The lowest BCUT2D eigenvalue weighted by Crippen LogP contribution is -2.37. The third kappa shape index (κ3) is 3.92. The zero-order chi connectivity index (χ0) is 13.7. The number of carbonyl (C=O) groups is 1. The van der Waals surface area contributed by atoms with Gasteiger partial charge < -0.3 is 16.0 Å². The fourth-order valence-corrected chi connectivity index (χ4v) is 2.54. The number of carbonyl (C=O) groups excluding carboxylic acids is 1. The maximum Gasteiger partial charge on any atom is 0.269 e. The molecule has 5 heteroatoms. The largest absolute Gasteiger partial charge is 0.399 e. The van der Waals surface area contributed by atoms with Crippen molar-refractivity contribution in [3.8, 4) is 0 Å². The van der Waals surface area contributed by atoms with Crippen LogP contribution in [0.25, 0.3) is 0 Å². The minimum Gasteiger partial charge on any atom is -0.399 e. The summed E-state index contributed by atoms with van der Waals surface area (Å²) in [5.41, 5.74) is 6.56. The van der Waals surface area contributed by atoms with E-state index in [1.807, 2.05) is 0 Å². The number of nitrogens with zero attached hydrogens (tertiary/aromatic N) is 2. The normalized spacial score (nSPS) is 15.9. The number of hydrogen-bond donors (Lipinski definition) is 2. The van der Waals surface area contributed by atoms with Gasteiger partial charge in [-0.3, -0.25) is 9.78 Å². The van der Waals surface area contributed by atoms with Crippen molar-refractivity contribution in [2.75, 3.05) is 25.9 Å². The number of nitrogens with one attached hydrogen (secondary N) is 1. The van der Waals surface area contributed by atoms with Gasteiger partial charge >= 0.3 is 0 Å². The number of rotatable bonds is 5. The highest BCUT2D eigenvalue weighted by Crippen LogP contribution is 2.21.